The summed E-state index contributed by atoms with van der Waals surface area (Å²) in [6, 6.07) is 12.9. The van der Waals surface area contributed by atoms with Gasteiger partial charge in [0.2, 0.25) is 0 Å². The Kier molecular flexibility index (Phi) is 6.44. The van der Waals surface area contributed by atoms with Gasteiger partial charge in [0.25, 0.3) is 0 Å². The van der Waals surface area contributed by atoms with Crippen molar-refractivity contribution in [2.24, 2.45) is 0 Å². The van der Waals surface area contributed by atoms with E-state index in [1.165, 1.54) is 6.20 Å². The Morgan fingerprint density at radius 1 is 0.966 bits per heavy atom. The third-order valence-electron chi connectivity index (χ3n) is 4.48. The minimum atomic E-state index is -0.451. The number of carbonyl (C=O) groups excluding carboxylic acids is 2. The topological polar surface area (TPSA) is 77.5 Å². The van der Waals surface area contributed by atoms with E-state index in [4.69, 9.17) is 9.47 Å². The molecule has 0 spiro atoms. The molecule has 1 N–H and O–H groups in total. The molecule has 0 fully saturated rings. The first-order valence-corrected chi connectivity index (χ1v) is 9.70. The number of aromatic nitrogens is 1. The zero-order valence-electron chi connectivity index (χ0n) is 16.8. The molecule has 29 heavy (non-hydrogen) atoms. The summed E-state index contributed by atoms with van der Waals surface area (Å²) in [5.74, 6) is -0.845. The number of benzene rings is 2. The van der Waals surface area contributed by atoms with Gasteiger partial charge in [-0.15, -0.1) is 0 Å². The van der Waals surface area contributed by atoms with Crippen molar-refractivity contribution < 1.29 is 19.1 Å². The molecule has 0 saturated carbocycles. The van der Waals surface area contributed by atoms with Crippen molar-refractivity contribution in [3.8, 4) is 0 Å². The summed E-state index contributed by atoms with van der Waals surface area (Å²) in [5, 5.41) is 4.11. The molecule has 3 aromatic rings. The normalized spacial score (nSPS) is 10.6. The van der Waals surface area contributed by atoms with E-state index in [0.29, 0.717) is 29.1 Å². The highest BCUT2D eigenvalue weighted by Gasteiger charge is 2.18. The summed E-state index contributed by atoms with van der Waals surface area (Å²) in [4.78, 5) is 29.0. The number of esters is 2. The number of rotatable bonds is 7. The Bertz CT molecular complexity index is 1050. The van der Waals surface area contributed by atoms with Gasteiger partial charge in [-0.25, -0.2) is 9.59 Å². The molecule has 0 bridgehead atoms. The van der Waals surface area contributed by atoms with Gasteiger partial charge in [0.05, 0.1) is 30.0 Å². The predicted molar refractivity (Wildman–Crippen MR) is 113 cm³/mol. The minimum absolute atomic E-state index is 0.268. The lowest BCUT2D eigenvalue weighted by Gasteiger charge is -2.15. The van der Waals surface area contributed by atoms with Gasteiger partial charge in [0.15, 0.2) is 0 Å². The lowest BCUT2D eigenvalue weighted by Crippen LogP contribution is -2.10. The van der Waals surface area contributed by atoms with E-state index in [9.17, 15) is 9.59 Å². The van der Waals surface area contributed by atoms with Gasteiger partial charge in [-0.3, -0.25) is 4.98 Å². The molecule has 0 unspecified atom stereocenters. The lowest BCUT2D eigenvalue weighted by molar-refractivity contribution is 0.0517. The smallest absolute Gasteiger partial charge is 0.341 e. The van der Waals surface area contributed by atoms with Crippen LogP contribution in [0.4, 0.5) is 11.4 Å². The predicted octanol–water partition coefficient (Wildman–Crippen LogP) is 4.89. The maximum Gasteiger partial charge on any atom is 0.341 e. The van der Waals surface area contributed by atoms with Crippen LogP contribution in [-0.2, 0) is 15.9 Å². The van der Waals surface area contributed by atoms with Crippen LogP contribution in [0.25, 0.3) is 10.9 Å². The van der Waals surface area contributed by atoms with Crippen LogP contribution in [0.3, 0.4) is 0 Å². The van der Waals surface area contributed by atoms with Crippen LogP contribution in [0.5, 0.6) is 0 Å². The Morgan fingerprint density at radius 2 is 1.72 bits per heavy atom. The van der Waals surface area contributed by atoms with Crippen molar-refractivity contribution in [3.63, 3.8) is 0 Å². The number of nitrogens with one attached hydrogen (secondary N) is 1. The number of anilines is 2. The van der Waals surface area contributed by atoms with Gasteiger partial charge in [0.1, 0.15) is 5.56 Å². The van der Waals surface area contributed by atoms with Gasteiger partial charge in [-0.05, 0) is 56.2 Å². The van der Waals surface area contributed by atoms with E-state index in [0.717, 1.165) is 22.9 Å². The van der Waals surface area contributed by atoms with Crippen molar-refractivity contribution >= 4 is 34.2 Å². The SMILES string of the molecule is CCOC(=O)c1cccc(Nc2c(C(=O)OCC)cnc3ccc(CC)cc23)c1. The molecule has 0 saturated heterocycles. The van der Waals surface area contributed by atoms with Crippen LogP contribution in [-0.4, -0.2) is 30.1 Å². The average molecular weight is 392 g/mol. The molecule has 6 heteroatoms. The van der Waals surface area contributed by atoms with Crippen LogP contribution in [0.15, 0.2) is 48.7 Å². The van der Waals surface area contributed by atoms with Gasteiger partial charge in [-0.1, -0.05) is 19.1 Å². The first kappa shape index (κ1) is 20.3. The van der Waals surface area contributed by atoms with Crippen LogP contribution < -0.4 is 5.32 Å². The van der Waals surface area contributed by atoms with Crippen LogP contribution in [0.1, 0.15) is 47.1 Å². The fourth-order valence-corrected chi connectivity index (χ4v) is 3.04. The monoisotopic (exact) mass is 392 g/mol. The fraction of sp³-hybridized carbons (Fsp3) is 0.261. The lowest BCUT2D eigenvalue weighted by atomic mass is 10.0. The molecule has 1 heterocycles. The highest BCUT2D eigenvalue weighted by atomic mass is 16.5. The molecule has 0 aliphatic rings. The van der Waals surface area contributed by atoms with Gasteiger partial charge < -0.3 is 14.8 Å². The molecule has 0 aliphatic carbocycles. The highest BCUT2D eigenvalue weighted by molar-refractivity contribution is 6.06. The minimum Gasteiger partial charge on any atom is -0.462 e. The first-order chi connectivity index (χ1) is 14.1. The maximum atomic E-state index is 12.5. The number of hydrogen-bond donors (Lipinski definition) is 1. The Morgan fingerprint density at radius 3 is 2.45 bits per heavy atom. The van der Waals surface area contributed by atoms with Crippen molar-refractivity contribution in [2.75, 3.05) is 18.5 Å². The number of fused-ring (bicyclic) bond motifs is 1. The summed E-state index contributed by atoms with van der Waals surface area (Å²) >= 11 is 0. The van der Waals surface area contributed by atoms with Crippen molar-refractivity contribution in [1.29, 1.82) is 0 Å². The van der Waals surface area contributed by atoms with Crippen LogP contribution in [0, 0.1) is 0 Å². The fourth-order valence-electron chi connectivity index (χ4n) is 3.04. The van der Waals surface area contributed by atoms with E-state index in [1.807, 2.05) is 24.3 Å². The quantitative estimate of drug-likeness (QED) is 0.577. The number of pyridine rings is 1. The molecule has 0 radical (unpaired) electrons. The van der Waals surface area contributed by atoms with Crippen LogP contribution >= 0.6 is 0 Å². The number of aryl methyl sites for hydroxylation is 1. The molecule has 3 rings (SSSR count). The van der Waals surface area contributed by atoms with E-state index < -0.39 is 11.9 Å². The van der Waals surface area contributed by atoms with Gasteiger partial charge >= 0.3 is 11.9 Å². The molecule has 0 aliphatic heterocycles. The molecule has 0 atom stereocenters. The largest absolute Gasteiger partial charge is 0.462 e. The Labute approximate surface area is 169 Å². The van der Waals surface area contributed by atoms with E-state index in [1.54, 1.807) is 32.0 Å². The molecule has 1 aromatic heterocycles. The molecule has 6 nitrogen and oxygen atoms in total. The first-order valence-electron chi connectivity index (χ1n) is 9.70. The summed E-state index contributed by atoms with van der Waals surface area (Å²) in [6.45, 7) is 6.17. The Hall–Kier alpha value is -3.41. The van der Waals surface area contributed by atoms with E-state index >= 15 is 0 Å². The number of hydrogen-bond acceptors (Lipinski definition) is 6. The number of carbonyl (C=O) groups is 2. The van der Waals surface area contributed by atoms with Crippen molar-refractivity contribution in [3.05, 3.63) is 65.4 Å². The third kappa shape index (κ3) is 4.54. The zero-order chi connectivity index (χ0) is 20.8. The zero-order valence-corrected chi connectivity index (χ0v) is 16.8. The molecule has 150 valence electrons. The third-order valence-corrected chi connectivity index (χ3v) is 4.48. The summed E-state index contributed by atoms with van der Waals surface area (Å²) in [7, 11) is 0. The second kappa shape index (κ2) is 9.19. The summed E-state index contributed by atoms with van der Waals surface area (Å²) in [6.07, 6.45) is 2.38. The number of nitrogens with zero attached hydrogens (tertiary/aromatic N) is 1. The number of ether oxygens (including phenoxy) is 2. The molecular weight excluding hydrogens is 368 g/mol. The van der Waals surface area contributed by atoms with Crippen molar-refractivity contribution in [1.82, 2.24) is 4.98 Å². The molecule has 0 amide bonds. The highest BCUT2D eigenvalue weighted by Crippen LogP contribution is 2.31. The van der Waals surface area contributed by atoms with Crippen LogP contribution in [0.2, 0.25) is 0 Å². The molecular formula is C23H24N2O4. The van der Waals surface area contributed by atoms with Gasteiger partial charge in [0, 0.05) is 17.3 Å². The standard InChI is InChI=1S/C23H24N2O4/c1-4-15-10-11-20-18(12-15)21(19(14-24-20)23(27)29-6-3)25-17-9-7-8-16(13-17)22(26)28-5-2/h7-14H,4-6H2,1-3H3,(H,24,25). The van der Waals surface area contributed by atoms with E-state index in [-0.39, 0.29) is 6.61 Å². The second-order valence-electron chi connectivity index (χ2n) is 6.40. The second-order valence-corrected chi connectivity index (χ2v) is 6.40. The van der Waals surface area contributed by atoms with Gasteiger partial charge in [-0.2, -0.15) is 0 Å². The Balaban J connectivity index is 2.11. The summed E-state index contributed by atoms with van der Waals surface area (Å²) < 4.78 is 10.3. The maximum absolute atomic E-state index is 12.5. The van der Waals surface area contributed by atoms with E-state index in [2.05, 4.69) is 17.2 Å². The summed E-state index contributed by atoms with van der Waals surface area (Å²) in [5.41, 5.74) is 3.93. The average Bonchev–Trinajstić information content (AvgIpc) is 2.74. The molecule has 2 aromatic carbocycles. The van der Waals surface area contributed by atoms with Crippen molar-refractivity contribution in [2.45, 2.75) is 27.2 Å².